The quantitative estimate of drug-likeness (QED) is 0.861. The maximum absolute atomic E-state index is 13.6. The van der Waals surface area contributed by atoms with Crippen LogP contribution < -0.4 is 0 Å². The highest BCUT2D eigenvalue weighted by atomic mass is 19.1. The Morgan fingerprint density at radius 1 is 1.24 bits per heavy atom. The lowest BCUT2D eigenvalue weighted by atomic mass is 9.85. The molecule has 0 radical (unpaired) electrons. The highest BCUT2D eigenvalue weighted by Crippen LogP contribution is 2.36. The zero-order valence-corrected chi connectivity index (χ0v) is 10.3. The molecule has 1 N–H and O–H groups in total. The molecule has 0 saturated heterocycles. The van der Waals surface area contributed by atoms with E-state index < -0.39 is 23.3 Å². The van der Waals surface area contributed by atoms with Crippen molar-refractivity contribution in [2.24, 2.45) is 0 Å². The van der Waals surface area contributed by atoms with Crippen LogP contribution in [0.1, 0.15) is 38.4 Å². The average Bonchev–Trinajstić information content (AvgIpc) is 2.32. The summed E-state index contributed by atoms with van der Waals surface area (Å²) in [5, 5.41) is 10.2. The van der Waals surface area contributed by atoms with Crippen molar-refractivity contribution < 1.29 is 18.6 Å². The van der Waals surface area contributed by atoms with Crippen LogP contribution in [0.3, 0.4) is 0 Å². The van der Waals surface area contributed by atoms with Crippen LogP contribution in [-0.4, -0.2) is 17.8 Å². The average molecular weight is 244 g/mol. The molecule has 1 atom stereocenters. The number of rotatable bonds is 5. The summed E-state index contributed by atoms with van der Waals surface area (Å²) in [6, 6.07) is 3.54. The molecule has 0 heterocycles. The molecule has 0 fully saturated rings. The standard InChI is InChI=1S/C13H18F2O2/c1-4-13(5-2,17-3)12(16)11-9(14)7-6-8-10(11)15/h6-8,12,16H,4-5H2,1-3H3. The summed E-state index contributed by atoms with van der Waals surface area (Å²) in [4.78, 5) is 0. The van der Waals surface area contributed by atoms with Crippen molar-refractivity contribution in [1.29, 1.82) is 0 Å². The van der Waals surface area contributed by atoms with Crippen molar-refractivity contribution >= 4 is 0 Å². The molecule has 0 aliphatic rings. The number of halogens is 2. The first-order valence-electron chi connectivity index (χ1n) is 5.69. The fourth-order valence-corrected chi connectivity index (χ4v) is 2.07. The number of hydrogen-bond acceptors (Lipinski definition) is 2. The number of aliphatic hydroxyl groups is 1. The lowest BCUT2D eigenvalue weighted by Crippen LogP contribution is -2.38. The Bertz CT molecular complexity index is 347. The molecule has 0 aromatic heterocycles. The van der Waals surface area contributed by atoms with Crippen LogP contribution in [0.15, 0.2) is 18.2 Å². The van der Waals surface area contributed by atoms with Gasteiger partial charge in [0.25, 0.3) is 0 Å². The Kier molecular flexibility index (Phi) is 4.60. The molecule has 17 heavy (non-hydrogen) atoms. The number of aliphatic hydroxyl groups excluding tert-OH is 1. The van der Waals surface area contributed by atoms with E-state index in [1.807, 2.05) is 13.8 Å². The van der Waals surface area contributed by atoms with Gasteiger partial charge in [0.1, 0.15) is 17.7 Å². The van der Waals surface area contributed by atoms with Gasteiger partial charge in [-0.2, -0.15) is 0 Å². The fraction of sp³-hybridized carbons (Fsp3) is 0.538. The summed E-state index contributed by atoms with van der Waals surface area (Å²) in [6.45, 7) is 3.63. The number of benzene rings is 1. The van der Waals surface area contributed by atoms with E-state index in [1.165, 1.54) is 13.2 Å². The number of hydrogen-bond donors (Lipinski definition) is 1. The van der Waals surface area contributed by atoms with Crippen LogP contribution in [0.5, 0.6) is 0 Å². The maximum Gasteiger partial charge on any atom is 0.132 e. The number of methoxy groups -OCH3 is 1. The largest absolute Gasteiger partial charge is 0.385 e. The molecule has 2 nitrogen and oxygen atoms in total. The zero-order chi connectivity index (χ0) is 13.1. The first-order valence-corrected chi connectivity index (χ1v) is 5.69. The highest BCUT2D eigenvalue weighted by Gasteiger charge is 2.38. The van der Waals surface area contributed by atoms with Gasteiger partial charge >= 0.3 is 0 Å². The first-order chi connectivity index (χ1) is 8.02. The van der Waals surface area contributed by atoms with Gasteiger partial charge in [0.15, 0.2) is 0 Å². The van der Waals surface area contributed by atoms with Crippen molar-refractivity contribution in [1.82, 2.24) is 0 Å². The minimum atomic E-state index is -1.32. The molecule has 1 unspecified atom stereocenters. The summed E-state index contributed by atoms with van der Waals surface area (Å²) in [7, 11) is 1.44. The minimum absolute atomic E-state index is 0.321. The van der Waals surface area contributed by atoms with Crippen LogP contribution in [0.4, 0.5) is 8.78 Å². The topological polar surface area (TPSA) is 29.5 Å². The molecule has 1 aromatic carbocycles. The van der Waals surface area contributed by atoms with E-state index >= 15 is 0 Å². The molecule has 0 bridgehead atoms. The van der Waals surface area contributed by atoms with Gasteiger partial charge in [-0.3, -0.25) is 0 Å². The summed E-state index contributed by atoms with van der Waals surface area (Å²) in [5.41, 5.74) is -1.28. The normalized spacial score (nSPS) is 13.8. The van der Waals surface area contributed by atoms with E-state index in [-0.39, 0.29) is 5.56 Å². The van der Waals surface area contributed by atoms with E-state index in [4.69, 9.17) is 4.74 Å². The van der Waals surface area contributed by atoms with E-state index in [0.717, 1.165) is 12.1 Å². The second kappa shape index (κ2) is 5.56. The molecular weight excluding hydrogens is 226 g/mol. The second-order valence-electron chi connectivity index (χ2n) is 4.01. The molecule has 0 amide bonds. The third kappa shape index (κ3) is 2.48. The van der Waals surface area contributed by atoms with Crippen molar-refractivity contribution in [3.8, 4) is 0 Å². The Morgan fingerprint density at radius 2 is 1.71 bits per heavy atom. The Balaban J connectivity index is 3.23. The molecule has 0 saturated carbocycles. The van der Waals surface area contributed by atoms with E-state index in [2.05, 4.69) is 0 Å². The van der Waals surface area contributed by atoms with Gasteiger partial charge in [-0.1, -0.05) is 19.9 Å². The lowest BCUT2D eigenvalue weighted by Gasteiger charge is -2.35. The van der Waals surface area contributed by atoms with Crippen LogP contribution in [0.2, 0.25) is 0 Å². The molecule has 1 aromatic rings. The van der Waals surface area contributed by atoms with Crippen LogP contribution >= 0.6 is 0 Å². The lowest BCUT2D eigenvalue weighted by molar-refractivity contribution is -0.112. The smallest absolute Gasteiger partial charge is 0.132 e. The predicted molar refractivity (Wildman–Crippen MR) is 61.6 cm³/mol. The maximum atomic E-state index is 13.6. The molecule has 4 heteroatoms. The third-order valence-electron chi connectivity index (χ3n) is 3.37. The first kappa shape index (κ1) is 14.1. The molecule has 0 aliphatic carbocycles. The Labute approximate surface area is 100 Å². The van der Waals surface area contributed by atoms with E-state index in [1.54, 1.807) is 0 Å². The molecule has 1 rings (SSSR count). The summed E-state index contributed by atoms with van der Waals surface area (Å²) in [6.07, 6.45) is -0.382. The summed E-state index contributed by atoms with van der Waals surface area (Å²) >= 11 is 0. The Hall–Kier alpha value is -1.00. The third-order valence-corrected chi connectivity index (χ3v) is 3.37. The van der Waals surface area contributed by atoms with Gasteiger partial charge in [-0.25, -0.2) is 8.78 Å². The molecule has 96 valence electrons. The summed E-state index contributed by atoms with van der Waals surface area (Å²) < 4.78 is 32.4. The van der Waals surface area contributed by atoms with Gasteiger partial charge in [0.05, 0.1) is 11.2 Å². The highest BCUT2D eigenvalue weighted by molar-refractivity contribution is 5.24. The van der Waals surface area contributed by atoms with Crippen molar-refractivity contribution in [2.45, 2.75) is 38.4 Å². The number of ether oxygens (including phenoxy) is 1. The SMILES string of the molecule is CCC(CC)(OC)C(O)c1c(F)cccc1F. The Morgan fingerprint density at radius 3 is 2.06 bits per heavy atom. The van der Waals surface area contributed by atoms with Gasteiger partial charge in [0, 0.05) is 7.11 Å². The van der Waals surface area contributed by atoms with Gasteiger partial charge < -0.3 is 9.84 Å². The zero-order valence-electron chi connectivity index (χ0n) is 10.3. The van der Waals surface area contributed by atoms with Gasteiger partial charge in [-0.05, 0) is 25.0 Å². The minimum Gasteiger partial charge on any atom is -0.385 e. The van der Waals surface area contributed by atoms with Crippen LogP contribution in [0.25, 0.3) is 0 Å². The van der Waals surface area contributed by atoms with Crippen molar-refractivity contribution in [2.75, 3.05) is 7.11 Å². The predicted octanol–water partition coefficient (Wildman–Crippen LogP) is 3.20. The molecule has 0 spiro atoms. The summed E-state index contributed by atoms with van der Waals surface area (Å²) in [5.74, 6) is -1.50. The molecular formula is C13H18F2O2. The van der Waals surface area contributed by atoms with Crippen molar-refractivity contribution in [3.05, 3.63) is 35.4 Å². The van der Waals surface area contributed by atoms with E-state index in [9.17, 15) is 13.9 Å². The van der Waals surface area contributed by atoms with Gasteiger partial charge in [-0.15, -0.1) is 0 Å². The fourth-order valence-electron chi connectivity index (χ4n) is 2.07. The van der Waals surface area contributed by atoms with Crippen LogP contribution in [0, 0.1) is 11.6 Å². The van der Waals surface area contributed by atoms with Gasteiger partial charge in [0.2, 0.25) is 0 Å². The van der Waals surface area contributed by atoms with E-state index in [0.29, 0.717) is 12.8 Å². The van der Waals surface area contributed by atoms with Crippen molar-refractivity contribution in [3.63, 3.8) is 0 Å². The van der Waals surface area contributed by atoms with Crippen LogP contribution in [-0.2, 0) is 4.74 Å². The monoisotopic (exact) mass is 244 g/mol. The molecule has 0 aliphatic heterocycles. The second-order valence-corrected chi connectivity index (χ2v) is 4.01.